The third-order valence-electron chi connectivity index (χ3n) is 3.85. The van der Waals surface area contributed by atoms with E-state index in [4.69, 9.17) is 4.74 Å². The van der Waals surface area contributed by atoms with E-state index in [2.05, 4.69) is 18.3 Å². The number of ether oxygens (including phenoxy) is 1. The zero-order valence-corrected chi connectivity index (χ0v) is 12.4. The maximum atomic E-state index is 13.3. The zero-order chi connectivity index (χ0) is 14.8. The number of benzene rings is 2. The third-order valence-corrected chi connectivity index (χ3v) is 3.85. The van der Waals surface area contributed by atoms with Crippen molar-refractivity contribution in [2.75, 3.05) is 0 Å². The van der Waals surface area contributed by atoms with E-state index in [1.165, 1.54) is 36.1 Å². The Labute approximate surface area is 125 Å². The molecule has 0 unspecified atom stereocenters. The van der Waals surface area contributed by atoms with Crippen LogP contribution in [0.2, 0.25) is 0 Å². The molecule has 0 radical (unpaired) electrons. The number of hydrogen-bond donors (Lipinski definition) is 1. The second-order valence-corrected chi connectivity index (χ2v) is 5.76. The topological polar surface area (TPSA) is 21.3 Å². The molecule has 1 saturated carbocycles. The molecule has 2 aromatic rings. The van der Waals surface area contributed by atoms with Gasteiger partial charge in [0.05, 0.1) is 0 Å². The molecule has 0 bridgehead atoms. The van der Waals surface area contributed by atoms with Crippen molar-refractivity contribution >= 4 is 0 Å². The van der Waals surface area contributed by atoms with Gasteiger partial charge in [-0.05, 0) is 61.6 Å². The molecular formula is C18H20FNO. The summed E-state index contributed by atoms with van der Waals surface area (Å²) >= 11 is 0. The van der Waals surface area contributed by atoms with Gasteiger partial charge < -0.3 is 10.1 Å². The highest BCUT2D eigenvalue weighted by molar-refractivity contribution is 5.40. The van der Waals surface area contributed by atoms with Gasteiger partial charge in [-0.1, -0.05) is 12.1 Å². The second kappa shape index (κ2) is 5.86. The molecule has 1 aliphatic rings. The lowest BCUT2D eigenvalue weighted by atomic mass is 10.1. The predicted octanol–water partition coefficient (Wildman–Crippen LogP) is 4.49. The van der Waals surface area contributed by atoms with Crippen molar-refractivity contribution in [3.05, 3.63) is 58.9 Å². The minimum Gasteiger partial charge on any atom is -0.457 e. The van der Waals surface area contributed by atoms with Crippen LogP contribution in [0.3, 0.4) is 0 Å². The average molecular weight is 285 g/mol. The van der Waals surface area contributed by atoms with E-state index >= 15 is 0 Å². The van der Waals surface area contributed by atoms with Gasteiger partial charge in [-0.3, -0.25) is 0 Å². The molecular weight excluding hydrogens is 265 g/mol. The Bertz CT molecular complexity index is 650. The van der Waals surface area contributed by atoms with E-state index in [9.17, 15) is 4.39 Å². The van der Waals surface area contributed by atoms with Crippen molar-refractivity contribution in [3.8, 4) is 11.5 Å². The molecule has 2 nitrogen and oxygen atoms in total. The van der Waals surface area contributed by atoms with Crippen LogP contribution >= 0.6 is 0 Å². The van der Waals surface area contributed by atoms with Gasteiger partial charge >= 0.3 is 0 Å². The van der Waals surface area contributed by atoms with Gasteiger partial charge in [-0.15, -0.1) is 0 Å². The van der Waals surface area contributed by atoms with Crippen molar-refractivity contribution < 1.29 is 9.13 Å². The summed E-state index contributed by atoms with van der Waals surface area (Å²) in [6.45, 7) is 4.89. The summed E-state index contributed by atoms with van der Waals surface area (Å²) < 4.78 is 19.1. The van der Waals surface area contributed by atoms with Crippen molar-refractivity contribution in [2.45, 2.75) is 39.3 Å². The third kappa shape index (κ3) is 3.61. The summed E-state index contributed by atoms with van der Waals surface area (Å²) in [5.74, 6) is 1.03. The van der Waals surface area contributed by atoms with Crippen molar-refractivity contribution in [3.63, 3.8) is 0 Å². The summed E-state index contributed by atoms with van der Waals surface area (Å²) in [6.07, 6.45) is 2.58. The molecule has 1 fully saturated rings. The molecule has 0 spiro atoms. The SMILES string of the molecule is Cc1cc(Oc2cc(F)ccc2C)ccc1CNC1CC1. The lowest BCUT2D eigenvalue weighted by molar-refractivity contribution is 0.472. The smallest absolute Gasteiger partial charge is 0.133 e. The number of aryl methyl sites for hydroxylation is 2. The van der Waals surface area contributed by atoms with Gasteiger partial charge in [0.2, 0.25) is 0 Å². The molecule has 0 aromatic heterocycles. The molecule has 0 atom stereocenters. The first-order chi connectivity index (χ1) is 10.1. The van der Waals surface area contributed by atoms with E-state index in [1.54, 1.807) is 6.07 Å². The molecule has 0 saturated heterocycles. The molecule has 3 rings (SSSR count). The van der Waals surface area contributed by atoms with E-state index in [-0.39, 0.29) is 5.82 Å². The van der Waals surface area contributed by atoms with Gasteiger partial charge in [-0.2, -0.15) is 0 Å². The van der Waals surface area contributed by atoms with Crippen LogP contribution in [0.15, 0.2) is 36.4 Å². The fourth-order valence-corrected chi connectivity index (χ4v) is 2.28. The first-order valence-corrected chi connectivity index (χ1v) is 7.39. The highest BCUT2D eigenvalue weighted by Gasteiger charge is 2.20. The average Bonchev–Trinajstić information content (AvgIpc) is 3.26. The summed E-state index contributed by atoms with van der Waals surface area (Å²) in [7, 11) is 0. The van der Waals surface area contributed by atoms with Gasteiger partial charge in [-0.25, -0.2) is 4.39 Å². The van der Waals surface area contributed by atoms with Crippen LogP contribution in [0.4, 0.5) is 4.39 Å². The molecule has 0 aliphatic heterocycles. The Morgan fingerprint density at radius 1 is 1.10 bits per heavy atom. The molecule has 3 heteroatoms. The number of nitrogens with one attached hydrogen (secondary N) is 1. The predicted molar refractivity (Wildman–Crippen MR) is 82.3 cm³/mol. The van der Waals surface area contributed by atoms with Crippen molar-refractivity contribution in [1.29, 1.82) is 0 Å². The van der Waals surface area contributed by atoms with Gasteiger partial charge in [0.25, 0.3) is 0 Å². The summed E-state index contributed by atoms with van der Waals surface area (Å²) in [5.41, 5.74) is 3.40. The summed E-state index contributed by atoms with van der Waals surface area (Å²) in [4.78, 5) is 0. The van der Waals surface area contributed by atoms with Gasteiger partial charge in [0, 0.05) is 18.7 Å². The Balaban J connectivity index is 1.73. The van der Waals surface area contributed by atoms with Crippen LogP contribution in [0.25, 0.3) is 0 Å². The van der Waals surface area contributed by atoms with Crippen LogP contribution in [0.5, 0.6) is 11.5 Å². The highest BCUT2D eigenvalue weighted by atomic mass is 19.1. The van der Waals surface area contributed by atoms with Crippen LogP contribution < -0.4 is 10.1 Å². The normalized spacial score (nSPS) is 14.2. The van der Waals surface area contributed by atoms with Gasteiger partial charge in [0.15, 0.2) is 0 Å². The van der Waals surface area contributed by atoms with Crippen LogP contribution in [-0.2, 0) is 6.54 Å². The van der Waals surface area contributed by atoms with Crippen molar-refractivity contribution in [1.82, 2.24) is 5.32 Å². The highest BCUT2D eigenvalue weighted by Crippen LogP contribution is 2.27. The summed E-state index contributed by atoms with van der Waals surface area (Å²) in [6, 6.07) is 11.3. The quantitative estimate of drug-likeness (QED) is 0.874. The molecule has 0 heterocycles. The molecule has 110 valence electrons. The summed E-state index contributed by atoms with van der Waals surface area (Å²) in [5, 5.41) is 3.51. The minimum atomic E-state index is -0.280. The first kappa shape index (κ1) is 14.1. The minimum absolute atomic E-state index is 0.280. The van der Waals surface area contributed by atoms with Crippen molar-refractivity contribution in [2.24, 2.45) is 0 Å². The van der Waals surface area contributed by atoms with E-state index in [0.717, 1.165) is 17.9 Å². The van der Waals surface area contributed by atoms with Crippen LogP contribution in [0.1, 0.15) is 29.5 Å². The molecule has 1 N–H and O–H groups in total. The lowest BCUT2D eigenvalue weighted by Gasteiger charge is -2.12. The molecule has 2 aromatic carbocycles. The van der Waals surface area contributed by atoms with Crippen LogP contribution in [-0.4, -0.2) is 6.04 Å². The molecule has 21 heavy (non-hydrogen) atoms. The zero-order valence-electron chi connectivity index (χ0n) is 12.4. The number of halogens is 1. The fourth-order valence-electron chi connectivity index (χ4n) is 2.28. The van der Waals surface area contributed by atoms with E-state index in [0.29, 0.717) is 11.8 Å². The van der Waals surface area contributed by atoms with Crippen LogP contribution in [0, 0.1) is 19.7 Å². The monoisotopic (exact) mass is 285 g/mol. The first-order valence-electron chi connectivity index (χ1n) is 7.39. The maximum Gasteiger partial charge on any atom is 0.133 e. The lowest BCUT2D eigenvalue weighted by Crippen LogP contribution is -2.15. The Hall–Kier alpha value is -1.87. The second-order valence-electron chi connectivity index (χ2n) is 5.76. The Morgan fingerprint density at radius 3 is 2.62 bits per heavy atom. The maximum absolute atomic E-state index is 13.3. The van der Waals surface area contributed by atoms with E-state index in [1.807, 2.05) is 19.1 Å². The molecule has 1 aliphatic carbocycles. The van der Waals surface area contributed by atoms with Gasteiger partial charge in [0.1, 0.15) is 17.3 Å². The Morgan fingerprint density at radius 2 is 1.90 bits per heavy atom. The molecule has 0 amide bonds. The number of hydrogen-bond acceptors (Lipinski definition) is 2. The fraction of sp³-hybridized carbons (Fsp3) is 0.333. The Kier molecular flexibility index (Phi) is 3.93. The number of rotatable bonds is 5. The largest absolute Gasteiger partial charge is 0.457 e. The van der Waals surface area contributed by atoms with E-state index < -0.39 is 0 Å². The standard InChI is InChI=1S/C18H20FNO/c1-12-3-5-15(19)10-18(12)21-17-8-4-14(13(2)9-17)11-20-16-6-7-16/h3-5,8-10,16,20H,6-7,11H2,1-2H3.